The van der Waals surface area contributed by atoms with E-state index in [0.29, 0.717) is 23.9 Å². The Labute approximate surface area is 251 Å². The van der Waals surface area contributed by atoms with Crippen LogP contribution in [0.5, 0.6) is 5.75 Å². The fourth-order valence-corrected chi connectivity index (χ4v) is 5.87. The summed E-state index contributed by atoms with van der Waals surface area (Å²) in [5, 5.41) is 0.613. The molecule has 0 radical (unpaired) electrons. The van der Waals surface area contributed by atoms with Crippen LogP contribution in [0.2, 0.25) is 5.02 Å². The van der Waals surface area contributed by atoms with Gasteiger partial charge in [-0.3, -0.25) is 4.79 Å². The third kappa shape index (κ3) is 11.2. The second-order valence-electron chi connectivity index (χ2n) is 10.9. The number of thiazole rings is 1. The number of benzene rings is 2. The van der Waals surface area contributed by atoms with E-state index in [1.165, 1.54) is 75.5 Å². The Morgan fingerprint density at radius 3 is 2.20 bits per heavy atom. The number of ether oxygens (including phenoxy) is 1. The number of aryl methyl sites for hydroxylation is 1. The molecule has 0 aliphatic carbocycles. The predicted octanol–water partition coefficient (Wildman–Crippen LogP) is 9.68. The minimum Gasteiger partial charge on any atom is -0.492 e. The van der Waals surface area contributed by atoms with Crippen LogP contribution < -0.4 is 14.2 Å². The Hall–Kier alpha value is -2.37. The number of rotatable bonds is 19. The van der Waals surface area contributed by atoms with Gasteiger partial charge in [-0.05, 0) is 37.1 Å². The molecule has 1 aromatic heterocycles. The van der Waals surface area contributed by atoms with Gasteiger partial charge in [0.25, 0.3) is 0 Å². The number of aromatic nitrogens is 1. The fourth-order valence-electron chi connectivity index (χ4n) is 5.06. The van der Waals surface area contributed by atoms with Gasteiger partial charge in [0.2, 0.25) is 11.4 Å². The lowest BCUT2D eigenvalue weighted by Gasteiger charge is -2.24. The van der Waals surface area contributed by atoms with Crippen LogP contribution in [0.4, 0.5) is 5.69 Å². The monoisotopic (exact) mass is 583 g/mol. The third-order valence-electron chi connectivity index (χ3n) is 7.33. The molecular formula is C34H48ClN2O2S+. The molecule has 2 aromatic carbocycles. The number of hydrogen-bond donors (Lipinski definition) is 0. The molecule has 3 rings (SSSR count). The molecule has 3 aromatic rings. The summed E-state index contributed by atoms with van der Waals surface area (Å²) in [7, 11) is 0. The van der Waals surface area contributed by atoms with E-state index in [1.807, 2.05) is 41.3 Å². The summed E-state index contributed by atoms with van der Waals surface area (Å²) in [5.74, 6) is 0.705. The molecule has 4 nitrogen and oxygen atoms in total. The molecule has 218 valence electrons. The topological polar surface area (TPSA) is 33.4 Å². The second kappa shape index (κ2) is 18.1. The molecule has 0 spiro atoms. The maximum absolute atomic E-state index is 12.8. The van der Waals surface area contributed by atoms with Crippen LogP contribution in [-0.4, -0.2) is 12.5 Å². The van der Waals surface area contributed by atoms with Crippen molar-refractivity contribution in [3.8, 4) is 5.75 Å². The first-order valence-corrected chi connectivity index (χ1v) is 16.4. The maximum atomic E-state index is 12.8. The zero-order chi connectivity index (χ0) is 28.6. The molecule has 0 N–H and O–H groups in total. The average molecular weight is 584 g/mol. The van der Waals surface area contributed by atoms with Gasteiger partial charge in [-0.1, -0.05) is 125 Å². The highest BCUT2D eigenvalue weighted by molar-refractivity contribution is 7.09. The first-order valence-electron chi connectivity index (χ1n) is 15.2. The summed E-state index contributed by atoms with van der Waals surface area (Å²) in [6.07, 6.45) is 18.0. The number of hydrogen-bond acceptors (Lipinski definition) is 3. The van der Waals surface area contributed by atoms with Crippen LogP contribution >= 0.6 is 22.9 Å². The number of nitrogens with zero attached hydrogens (tertiary/aromatic N) is 2. The first-order chi connectivity index (χ1) is 19.5. The number of carbonyl (C=O) groups excluding carboxylic acids is 1. The van der Waals surface area contributed by atoms with Crippen molar-refractivity contribution in [3.63, 3.8) is 0 Å². The Morgan fingerprint density at radius 1 is 0.925 bits per heavy atom. The minimum atomic E-state index is 0.00728. The average Bonchev–Trinajstić information content (AvgIpc) is 3.36. The van der Waals surface area contributed by atoms with E-state index >= 15 is 0 Å². The van der Waals surface area contributed by atoms with Gasteiger partial charge >= 0.3 is 0 Å². The molecule has 0 saturated heterocycles. The SMILES string of the molecule is CCCCCCCCCCCCCCOc1cc(CN(C(C)=O)c2ccccc2C[n+]2csc(C)c2)ccc1Cl. The van der Waals surface area contributed by atoms with Gasteiger partial charge in [0, 0.05) is 12.5 Å². The Kier molecular flexibility index (Phi) is 14.6. The molecule has 0 fully saturated rings. The van der Waals surface area contributed by atoms with Crippen molar-refractivity contribution in [1.82, 2.24) is 0 Å². The summed E-state index contributed by atoms with van der Waals surface area (Å²) in [5.41, 5.74) is 5.15. The van der Waals surface area contributed by atoms with Gasteiger partial charge in [0.15, 0.2) is 12.7 Å². The zero-order valence-corrected chi connectivity index (χ0v) is 26.4. The van der Waals surface area contributed by atoms with Crippen LogP contribution in [-0.2, 0) is 17.9 Å². The molecule has 0 atom stereocenters. The van der Waals surface area contributed by atoms with Crippen LogP contribution in [0, 0.1) is 6.92 Å². The molecule has 0 saturated carbocycles. The van der Waals surface area contributed by atoms with Crippen molar-refractivity contribution >= 4 is 34.5 Å². The highest BCUT2D eigenvalue weighted by Gasteiger charge is 2.19. The Bertz CT molecular complexity index is 1160. The Balaban J connectivity index is 1.46. The highest BCUT2D eigenvalue weighted by atomic mass is 35.5. The van der Waals surface area contributed by atoms with Gasteiger partial charge in [-0.2, -0.15) is 4.57 Å². The molecule has 6 heteroatoms. The molecule has 40 heavy (non-hydrogen) atoms. The molecule has 0 aliphatic heterocycles. The van der Waals surface area contributed by atoms with E-state index in [0.717, 1.165) is 29.8 Å². The zero-order valence-electron chi connectivity index (χ0n) is 24.8. The van der Waals surface area contributed by atoms with E-state index < -0.39 is 0 Å². The smallest absolute Gasteiger partial charge is 0.225 e. The number of carbonyl (C=O) groups is 1. The van der Waals surface area contributed by atoms with Crippen molar-refractivity contribution in [3.05, 3.63) is 75.2 Å². The highest BCUT2D eigenvalue weighted by Crippen LogP contribution is 2.29. The van der Waals surface area contributed by atoms with E-state index in [4.69, 9.17) is 16.3 Å². The molecule has 0 unspecified atom stereocenters. The van der Waals surface area contributed by atoms with E-state index in [-0.39, 0.29) is 5.91 Å². The van der Waals surface area contributed by atoms with Crippen molar-refractivity contribution in [2.24, 2.45) is 0 Å². The molecule has 1 heterocycles. The third-order valence-corrected chi connectivity index (χ3v) is 8.49. The number of amides is 1. The predicted molar refractivity (Wildman–Crippen MR) is 170 cm³/mol. The second-order valence-corrected chi connectivity index (χ2v) is 12.4. The van der Waals surface area contributed by atoms with Gasteiger partial charge < -0.3 is 9.64 Å². The normalized spacial score (nSPS) is 11.1. The largest absolute Gasteiger partial charge is 0.492 e. The van der Waals surface area contributed by atoms with Crippen molar-refractivity contribution in [2.45, 2.75) is 111 Å². The lowest BCUT2D eigenvalue weighted by Crippen LogP contribution is -2.34. The van der Waals surface area contributed by atoms with Gasteiger partial charge in [-0.25, -0.2) is 0 Å². The summed E-state index contributed by atoms with van der Waals surface area (Å²) < 4.78 is 8.25. The summed E-state index contributed by atoms with van der Waals surface area (Å²) in [6, 6.07) is 14.0. The van der Waals surface area contributed by atoms with Crippen LogP contribution in [0.1, 0.15) is 107 Å². The van der Waals surface area contributed by atoms with E-state index in [2.05, 4.69) is 36.2 Å². The number of halogens is 1. The Morgan fingerprint density at radius 2 is 1.57 bits per heavy atom. The number of unbranched alkanes of at least 4 members (excludes halogenated alkanes) is 11. The standard InChI is InChI=1S/C34H48ClN2O2S/c1-4-5-6-7-8-9-10-11-12-13-14-17-22-39-34-23-30(20-21-32(34)35)25-37(29(3)38)33-19-16-15-18-31(33)26-36-24-28(2)40-27-36/h15-16,18-21,23-24,27H,4-14,17,22,25-26H2,1-3H3/q+1. The van der Waals surface area contributed by atoms with Crippen LogP contribution in [0.25, 0.3) is 0 Å². The number of para-hydroxylation sites is 1. The lowest BCUT2D eigenvalue weighted by atomic mass is 10.1. The maximum Gasteiger partial charge on any atom is 0.225 e. The van der Waals surface area contributed by atoms with Crippen molar-refractivity contribution < 1.29 is 14.1 Å². The quantitative estimate of drug-likeness (QED) is 0.104. The van der Waals surface area contributed by atoms with Crippen molar-refractivity contribution in [1.29, 1.82) is 0 Å². The van der Waals surface area contributed by atoms with Gasteiger partial charge in [-0.15, -0.1) is 0 Å². The van der Waals surface area contributed by atoms with Crippen LogP contribution in [0.3, 0.4) is 0 Å². The van der Waals surface area contributed by atoms with Gasteiger partial charge in [0.05, 0.1) is 28.7 Å². The van der Waals surface area contributed by atoms with E-state index in [1.54, 1.807) is 18.3 Å². The summed E-state index contributed by atoms with van der Waals surface area (Å²) >= 11 is 8.20. The van der Waals surface area contributed by atoms with Crippen LogP contribution in [0.15, 0.2) is 54.2 Å². The minimum absolute atomic E-state index is 0.00728. The molecule has 0 aliphatic rings. The number of anilines is 1. The molecule has 0 bridgehead atoms. The first kappa shape index (κ1) is 32.1. The fraction of sp³-hybridized carbons (Fsp3) is 0.529. The van der Waals surface area contributed by atoms with Crippen molar-refractivity contribution in [2.75, 3.05) is 11.5 Å². The lowest BCUT2D eigenvalue weighted by molar-refractivity contribution is -0.683. The summed E-state index contributed by atoms with van der Waals surface area (Å²) in [6.45, 7) is 7.85. The van der Waals surface area contributed by atoms with E-state index in [9.17, 15) is 4.79 Å². The molecular weight excluding hydrogens is 536 g/mol. The molecule has 1 amide bonds. The van der Waals surface area contributed by atoms with Gasteiger partial charge in [0.1, 0.15) is 5.75 Å². The summed E-state index contributed by atoms with van der Waals surface area (Å²) in [4.78, 5) is 15.9.